The zero-order valence-electron chi connectivity index (χ0n) is 10.5. The molecule has 0 heterocycles. The van der Waals surface area contributed by atoms with E-state index in [0.29, 0.717) is 12.0 Å². The van der Waals surface area contributed by atoms with Gasteiger partial charge in [-0.25, -0.2) is 4.39 Å². The van der Waals surface area contributed by atoms with Crippen molar-refractivity contribution in [2.45, 2.75) is 45.6 Å². The molecule has 0 amide bonds. The zero-order valence-corrected chi connectivity index (χ0v) is 10.5. The van der Waals surface area contributed by atoms with Crippen LogP contribution in [0.25, 0.3) is 0 Å². The Kier molecular flexibility index (Phi) is 5.47. The van der Waals surface area contributed by atoms with E-state index in [1.807, 2.05) is 6.07 Å². The highest BCUT2D eigenvalue weighted by molar-refractivity contribution is 5.21. The van der Waals surface area contributed by atoms with Gasteiger partial charge < -0.3 is 5.32 Å². The summed E-state index contributed by atoms with van der Waals surface area (Å²) in [6.07, 6.45) is 2.20. The van der Waals surface area contributed by atoms with Crippen molar-refractivity contribution in [3.05, 3.63) is 35.6 Å². The normalized spacial score (nSPS) is 14.8. The van der Waals surface area contributed by atoms with Gasteiger partial charge in [-0.3, -0.25) is 0 Å². The fourth-order valence-electron chi connectivity index (χ4n) is 2.03. The number of rotatable bonds is 6. The largest absolute Gasteiger partial charge is 0.313 e. The van der Waals surface area contributed by atoms with E-state index in [1.165, 1.54) is 6.07 Å². The third-order valence-corrected chi connectivity index (χ3v) is 3.07. The maximum Gasteiger partial charge on any atom is 0.123 e. The van der Waals surface area contributed by atoms with Crippen LogP contribution in [0.15, 0.2) is 24.3 Å². The lowest BCUT2D eigenvalue weighted by atomic mass is 9.91. The minimum absolute atomic E-state index is 0.144. The average molecular weight is 223 g/mol. The second-order valence-electron chi connectivity index (χ2n) is 4.31. The molecule has 1 N–H and O–H groups in total. The first kappa shape index (κ1) is 13.2. The van der Waals surface area contributed by atoms with Crippen LogP contribution in [-0.4, -0.2) is 12.6 Å². The van der Waals surface area contributed by atoms with E-state index < -0.39 is 0 Å². The number of hydrogen-bond donors (Lipinski definition) is 1. The van der Waals surface area contributed by atoms with Gasteiger partial charge in [-0.2, -0.15) is 0 Å². The summed E-state index contributed by atoms with van der Waals surface area (Å²) in [5.74, 6) is 0.210. The Morgan fingerprint density at radius 1 is 1.31 bits per heavy atom. The molecule has 0 aliphatic carbocycles. The molecule has 1 rings (SSSR count). The Labute approximate surface area is 98.1 Å². The molecule has 0 bridgehead atoms. The maximum atomic E-state index is 13.1. The monoisotopic (exact) mass is 223 g/mol. The molecule has 0 fully saturated rings. The molecule has 2 unspecified atom stereocenters. The first-order valence-electron chi connectivity index (χ1n) is 6.17. The number of nitrogens with one attached hydrogen (secondary N) is 1. The Bertz CT molecular complexity index is 311. The highest BCUT2D eigenvalue weighted by atomic mass is 19.1. The molecule has 0 aliphatic heterocycles. The predicted molar refractivity (Wildman–Crippen MR) is 67.2 cm³/mol. The minimum atomic E-state index is -0.144. The predicted octanol–water partition coefficient (Wildman–Crippen LogP) is 3.71. The van der Waals surface area contributed by atoms with Gasteiger partial charge in [0, 0.05) is 6.04 Å². The highest BCUT2D eigenvalue weighted by Crippen LogP contribution is 2.21. The summed E-state index contributed by atoms with van der Waals surface area (Å²) in [5, 5.41) is 3.51. The summed E-state index contributed by atoms with van der Waals surface area (Å²) in [5.41, 5.74) is 1.08. The topological polar surface area (TPSA) is 12.0 Å². The van der Waals surface area contributed by atoms with Crippen molar-refractivity contribution in [2.24, 2.45) is 0 Å². The van der Waals surface area contributed by atoms with Crippen molar-refractivity contribution in [3.63, 3.8) is 0 Å². The molecule has 0 aliphatic rings. The molecule has 0 aromatic heterocycles. The van der Waals surface area contributed by atoms with Crippen molar-refractivity contribution in [2.75, 3.05) is 6.54 Å². The van der Waals surface area contributed by atoms with Crippen LogP contribution < -0.4 is 5.32 Å². The summed E-state index contributed by atoms with van der Waals surface area (Å²) in [6, 6.07) is 7.36. The van der Waals surface area contributed by atoms with Gasteiger partial charge in [0.1, 0.15) is 5.82 Å². The Hall–Kier alpha value is -0.890. The van der Waals surface area contributed by atoms with Gasteiger partial charge in [0.15, 0.2) is 0 Å². The fraction of sp³-hybridized carbons (Fsp3) is 0.571. The molecular formula is C14H22FN. The van der Waals surface area contributed by atoms with Gasteiger partial charge in [0.05, 0.1) is 0 Å². The molecule has 1 nitrogen and oxygen atoms in total. The van der Waals surface area contributed by atoms with E-state index >= 15 is 0 Å². The maximum absolute atomic E-state index is 13.1. The van der Waals surface area contributed by atoms with E-state index in [4.69, 9.17) is 0 Å². The summed E-state index contributed by atoms with van der Waals surface area (Å²) >= 11 is 0. The van der Waals surface area contributed by atoms with Crippen LogP contribution in [0.1, 0.15) is 45.1 Å². The third-order valence-electron chi connectivity index (χ3n) is 3.07. The van der Waals surface area contributed by atoms with Crippen molar-refractivity contribution in [1.29, 1.82) is 0 Å². The van der Waals surface area contributed by atoms with Crippen molar-refractivity contribution < 1.29 is 4.39 Å². The van der Waals surface area contributed by atoms with E-state index in [0.717, 1.165) is 24.9 Å². The van der Waals surface area contributed by atoms with Crippen LogP contribution in [0.3, 0.4) is 0 Å². The second-order valence-corrected chi connectivity index (χ2v) is 4.31. The molecule has 0 radical (unpaired) electrons. The summed E-state index contributed by atoms with van der Waals surface area (Å²) in [6.45, 7) is 7.51. The zero-order chi connectivity index (χ0) is 12.0. The Morgan fingerprint density at radius 3 is 2.62 bits per heavy atom. The van der Waals surface area contributed by atoms with Crippen LogP contribution in [0.5, 0.6) is 0 Å². The molecule has 0 saturated heterocycles. The Balaban J connectivity index is 2.70. The number of hydrogen-bond acceptors (Lipinski definition) is 1. The first-order valence-corrected chi connectivity index (χ1v) is 6.17. The summed E-state index contributed by atoms with van der Waals surface area (Å²) in [4.78, 5) is 0. The lowest BCUT2D eigenvalue weighted by Crippen LogP contribution is -2.33. The Morgan fingerprint density at radius 2 is 2.06 bits per heavy atom. The molecule has 0 saturated carbocycles. The van der Waals surface area contributed by atoms with Crippen LogP contribution >= 0.6 is 0 Å². The quantitative estimate of drug-likeness (QED) is 0.775. The molecule has 2 heteroatoms. The van der Waals surface area contributed by atoms with Crippen LogP contribution in [0.2, 0.25) is 0 Å². The molecule has 1 aromatic rings. The highest BCUT2D eigenvalue weighted by Gasteiger charge is 2.16. The standard InChI is InChI=1S/C14H22FN/c1-4-9-16-14(5-2)11(3)12-7-6-8-13(15)10-12/h6-8,10-11,14,16H,4-5,9H2,1-3H3. The molecule has 2 atom stereocenters. The van der Waals surface area contributed by atoms with Crippen molar-refractivity contribution in [3.8, 4) is 0 Å². The van der Waals surface area contributed by atoms with Crippen molar-refractivity contribution in [1.82, 2.24) is 5.32 Å². The van der Waals surface area contributed by atoms with Crippen LogP contribution in [0, 0.1) is 5.82 Å². The van der Waals surface area contributed by atoms with Crippen LogP contribution in [-0.2, 0) is 0 Å². The van der Waals surface area contributed by atoms with Gasteiger partial charge in [-0.15, -0.1) is 0 Å². The van der Waals surface area contributed by atoms with Gasteiger partial charge in [-0.1, -0.05) is 32.9 Å². The smallest absolute Gasteiger partial charge is 0.123 e. The minimum Gasteiger partial charge on any atom is -0.313 e. The van der Waals surface area contributed by atoms with Gasteiger partial charge in [-0.05, 0) is 43.0 Å². The second kappa shape index (κ2) is 6.64. The third kappa shape index (κ3) is 3.60. The lowest BCUT2D eigenvalue weighted by molar-refractivity contribution is 0.437. The number of halogens is 1. The number of benzene rings is 1. The van der Waals surface area contributed by atoms with Gasteiger partial charge >= 0.3 is 0 Å². The van der Waals surface area contributed by atoms with E-state index in [9.17, 15) is 4.39 Å². The first-order chi connectivity index (χ1) is 7.69. The fourth-order valence-corrected chi connectivity index (χ4v) is 2.03. The molecule has 1 aromatic carbocycles. The van der Waals surface area contributed by atoms with Gasteiger partial charge in [0.2, 0.25) is 0 Å². The SMILES string of the molecule is CCCNC(CC)C(C)c1cccc(F)c1. The van der Waals surface area contributed by atoms with E-state index in [2.05, 4.69) is 26.1 Å². The van der Waals surface area contributed by atoms with E-state index in [-0.39, 0.29) is 5.82 Å². The molecule has 16 heavy (non-hydrogen) atoms. The molecule has 90 valence electrons. The van der Waals surface area contributed by atoms with Crippen molar-refractivity contribution >= 4 is 0 Å². The lowest BCUT2D eigenvalue weighted by Gasteiger charge is -2.24. The summed E-state index contributed by atoms with van der Waals surface area (Å²) < 4.78 is 13.1. The average Bonchev–Trinajstić information content (AvgIpc) is 2.29. The molecule has 0 spiro atoms. The van der Waals surface area contributed by atoms with Gasteiger partial charge in [0.25, 0.3) is 0 Å². The van der Waals surface area contributed by atoms with Crippen LogP contribution in [0.4, 0.5) is 4.39 Å². The van der Waals surface area contributed by atoms with E-state index in [1.54, 1.807) is 12.1 Å². The summed E-state index contributed by atoms with van der Waals surface area (Å²) in [7, 11) is 0. The molecular weight excluding hydrogens is 201 g/mol.